The van der Waals surface area contributed by atoms with Crippen LogP contribution in [-0.4, -0.2) is 71.7 Å². The molecule has 1 aromatic carbocycles. The van der Waals surface area contributed by atoms with Crippen LogP contribution in [0.3, 0.4) is 0 Å². The van der Waals surface area contributed by atoms with Crippen LogP contribution in [0.1, 0.15) is 46.3 Å². The van der Waals surface area contributed by atoms with Gasteiger partial charge in [-0.1, -0.05) is 56.8 Å². The molecule has 0 spiro atoms. The number of phosphoric acid groups is 3. The first-order valence-electron chi connectivity index (χ1n) is 13.4. The maximum atomic E-state index is 13.5. The fourth-order valence-corrected chi connectivity index (χ4v) is 9.45. The molecule has 3 heterocycles. The number of esters is 1. The van der Waals surface area contributed by atoms with E-state index in [0.29, 0.717) is 16.5 Å². The van der Waals surface area contributed by atoms with E-state index in [9.17, 15) is 33.2 Å². The second-order valence-electron chi connectivity index (χ2n) is 9.68. The number of fused-ring (bicyclic) bond motifs is 1. The number of phosphoric ester groups is 1. The molecule has 48 heavy (non-hydrogen) atoms. The van der Waals surface area contributed by atoms with Crippen LogP contribution in [0.15, 0.2) is 42.0 Å². The molecule has 24 heteroatoms. The van der Waals surface area contributed by atoms with Gasteiger partial charge in [0.05, 0.1) is 23.1 Å². The van der Waals surface area contributed by atoms with Gasteiger partial charge in [-0.2, -0.15) is 8.62 Å². The highest BCUT2D eigenvalue weighted by atomic mass is 33.1. The normalized spacial score (nSPS) is 21.1. The lowest BCUT2D eigenvalue weighted by Gasteiger charge is -2.22. The van der Waals surface area contributed by atoms with Crippen LogP contribution in [0.5, 0.6) is 0 Å². The highest BCUT2D eigenvalue weighted by Gasteiger charge is 2.44. The number of anilines is 1. The fraction of sp³-hybridized carbons (Fsp3) is 0.375. The molecule has 0 saturated carbocycles. The number of nitrogens with zero attached hydrogens (tertiary/aromatic N) is 4. The van der Waals surface area contributed by atoms with Crippen molar-refractivity contribution in [3.8, 4) is 11.8 Å². The topological polar surface area (TPSA) is 282 Å². The predicted molar refractivity (Wildman–Crippen MR) is 173 cm³/mol. The number of nitroso groups, excluding NO2 is 1. The van der Waals surface area contributed by atoms with Crippen molar-refractivity contribution in [2.75, 3.05) is 25.1 Å². The molecular weight excluding hydrogens is 739 g/mol. The number of nitrogens with two attached hydrogens (primary N) is 1. The zero-order valence-corrected chi connectivity index (χ0v) is 29.1. The van der Waals surface area contributed by atoms with Crippen LogP contribution in [0.4, 0.5) is 5.82 Å². The van der Waals surface area contributed by atoms with Gasteiger partial charge < -0.3 is 39.3 Å². The lowest BCUT2D eigenvalue weighted by Crippen LogP contribution is -2.31. The third kappa shape index (κ3) is 9.96. The van der Waals surface area contributed by atoms with Crippen molar-refractivity contribution in [2.45, 2.75) is 37.0 Å². The average Bonchev–Trinajstić information content (AvgIpc) is 3.56. The summed E-state index contributed by atoms with van der Waals surface area (Å²) in [6.07, 6.45) is 0.955. The number of rotatable bonds is 14. The predicted octanol–water partition coefficient (Wildman–Crippen LogP) is 4.06. The first-order chi connectivity index (χ1) is 22.5. The van der Waals surface area contributed by atoms with Crippen LogP contribution >= 0.6 is 45.1 Å². The Morgan fingerprint density at radius 2 is 1.92 bits per heavy atom. The molecule has 4 rings (SSSR count). The van der Waals surface area contributed by atoms with Crippen molar-refractivity contribution in [1.82, 2.24) is 14.5 Å². The Morgan fingerprint density at radius 3 is 2.60 bits per heavy atom. The summed E-state index contributed by atoms with van der Waals surface area (Å²) in [5, 5.41) is 2.91. The Labute approximate surface area is 280 Å². The smallest absolute Gasteiger partial charge is 0.456 e. The molecule has 2 aromatic heterocycles. The Hall–Kier alpha value is -2.66. The maximum Gasteiger partial charge on any atom is 0.490 e. The minimum Gasteiger partial charge on any atom is -0.456 e. The first-order valence-corrected chi connectivity index (χ1v) is 20.5. The monoisotopic (exact) mass is 767 g/mol. The summed E-state index contributed by atoms with van der Waals surface area (Å²) in [5.41, 5.74) is 7.55. The van der Waals surface area contributed by atoms with Crippen molar-refractivity contribution in [1.29, 1.82) is 0 Å². The zero-order valence-electron chi connectivity index (χ0n) is 24.8. The van der Waals surface area contributed by atoms with Crippen molar-refractivity contribution >= 4 is 67.9 Å². The van der Waals surface area contributed by atoms with E-state index in [4.69, 9.17) is 29.5 Å². The standard InChI is InChI=1S/C24H28N5O14P3S2/c1-14(48-47-2)16-7-3-4-8-17(16)24(30)41-18-10-20(29-11-15(6-5-9-28-31)21-22(25)26-13-27-23(21)29)40-19(18)12-39-45(35,36)43-46(37,38)42-44(32,33)34/h3-4,7-8,11,13-14,18-20H,9-10,12H2,1-2H3,(H,35,36)(H,37,38)(H2,25,26,27)(H2,32,33,34)/t14?,18?,19-,20-/m1/s1. The van der Waals surface area contributed by atoms with E-state index in [1.54, 1.807) is 24.3 Å². The number of ether oxygens (including phenoxy) is 2. The molecule has 4 unspecified atom stereocenters. The molecule has 0 aliphatic carbocycles. The largest absolute Gasteiger partial charge is 0.490 e. The first kappa shape index (κ1) is 38.1. The van der Waals surface area contributed by atoms with Crippen LogP contribution in [0, 0.1) is 16.7 Å². The number of carbonyl (C=O) groups excluding carboxylic acids is 1. The van der Waals surface area contributed by atoms with E-state index >= 15 is 0 Å². The highest BCUT2D eigenvalue weighted by Crippen LogP contribution is 2.66. The number of hydrogen-bond donors (Lipinski definition) is 5. The van der Waals surface area contributed by atoms with E-state index in [-0.39, 0.29) is 35.2 Å². The Balaban J connectivity index is 1.65. The minimum absolute atomic E-state index is 0.0566. The highest BCUT2D eigenvalue weighted by molar-refractivity contribution is 8.76. The molecule has 0 radical (unpaired) electrons. The van der Waals surface area contributed by atoms with Crippen LogP contribution in [0.2, 0.25) is 0 Å². The summed E-state index contributed by atoms with van der Waals surface area (Å²) in [5.74, 6) is 4.63. The summed E-state index contributed by atoms with van der Waals surface area (Å²) in [7, 11) is -13.9. The molecule has 6 atom stereocenters. The number of aromatic nitrogens is 3. The van der Waals surface area contributed by atoms with Crippen molar-refractivity contribution in [2.24, 2.45) is 5.18 Å². The van der Waals surface area contributed by atoms with Crippen LogP contribution < -0.4 is 5.73 Å². The summed E-state index contributed by atoms with van der Waals surface area (Å²) in [6, 6.07) is 6.75. The van der Waals surface area contributed by atoms with Gasteiger partial charge in [-0.05, 0) is 24.8 Å². The van der Waals surface area contributed by atoms with E-state index in [2.05, 4.69) is 35.6 Å². The number of hydrogen-bond acceptors (Lipinski definition) is 16. The van der Waals surface area contributed by atoms with E-state index in [1.165, 1.54) is 38.7 Å². The fourth-order valence-electron chi connectivity index (χ4n) is 4.64. The minimum atomic E-state index is -5.80. The molecule has 1 fully saturated rings. The summed E-state index contributed by atoms with van der Waals surface area (Å²) in [6.45, 7) is 0.701. The molecule has 1 saturated heterocycles. The Kier molecular flexibility index (Phi) is 12.6. The number of nitrogen functional groups attached to an aromatic ring is 1. The average molecular weight is 768 g/mol. The van der Waals surface area contributed by atoms with Gasteiger partial charge in [0, 0.05) is 17.9 Å². The SMILES string of the molecule is CSSC(C)c1ccccc1C(=O)OC1C[C@H](n2cc(C#CCN=O)c3c(N)ncnc32)O[C@@H]1COP(=O)(O)OP(=O)(O)OP(=O)(O)O. The molecule has 260 valence electrons. The van der Waals surface area contributed by atoms with Crippen molar-refractivity contribution < 1.29 is 60.7 Å². The number of carbonyl (C=O) groups is 1. The Bertz CT molecular complexity index is 1880. The molecule has 19 nitrogen and oxygen atoms in total. The summed E-state index contributed by atoms with van der Waals surface area (Å²) < 4.78 is 61.1. The third-order valence-electron chi connectivity index (χ3n) is 6.43. The molecular formula is C24H28N5O14P3S2. The van der Waals surface area contributed by atoms with Gasteiger partial charge in [-0.3, -0.25) is 4.52 Å². The zero-order chi connectivity index (χ0) is 35.3. The molecule has 3 aromatic rings. The summed E-state index contributed by atoms with van der Waals surface area (Å²) >= 11 is 0. The van der Waals surface area contributed by atoms with Gasteiger partial charge in [-0.25, -0.2) is 28.5 Å². The lowest BCUT2D eigenvalue weighted by molar-refractivity contribution is -0.0489. The van der Waals surface area contributed by atoms with Crippen LogP contribution in [-0.2, 0) is 36.3 Å². The quantitative estimate of drug-likeness (QED) is 0.0508. The molecule has 0 amide bonds. The van der Waals surface area contributed by atoms with Gasteiger partial charge in [0.2, 0.25) is 0 Å². The van der Waals surface area contributed by atoms with Crippen molar-refractivity contribution in [3.05, 3.63) is 58.4 Å². The molecule has 1 aliphatic heterocycles. The van der Waals surface area contributed by atoms with Gasteiger partial charge in [-0.15, -0.1) is 4.91 Å². The van der Waals surface area contributed by atoms with E-state index in [1.807, 2.05) is 13.2 Å². The Morgan fingerprint density at radius 1 is 1.19 bits per heavy atom. The van der Waals surface area contributed by atoms with Gasteiger partial charge in [0.1, 0.15) is 42.8 Å². The van der Waals surface area contributed by atoms with Crippen LogP contribution in [0.25, 0.3) is 11.0 Å². The summed E-state index contributed by atoms with van der Waals surface area (Å²) in [4.78, 5) is 69.5. The second kappa shape index (κ2) is 15.9. The second-order valence-corrected chi connectivity index (χ2v) is 16.9. The molecule has 0 bridgehead atoms. The molecule has 6 N–H and O–H groups in total. The van der Waals surface area contributed by atoms with Crippen molar-refractivity contribution in [3.63, 3.8) is 0 Å². The van der Waals surface area contributed by atoms with Gasteiger partial charge >= 0.3 is 29.4 Å². The van der Waals surface area contributed by atoms with E-state index in [0.717, 1.165) is 0 Å². The van der Waals surface area contributed by atoms with E-state index < -0.39 is 54.5 Å². The molecule has 1 aliphatic rings. The maximum absolute atomic E-state index is 13.5. The van der Waals surface area contributed by atoms with Gasteiger partial charge in [0.25, 0.3) is 0 Å². The number of benzene rings is 1. The third-order valence-corrected chi connectivity index (χ3v) is 12.4. The lowest BCUT2D eigenvalue weighted by atomic mass is 10.0. The van der Waals surface area contributed by atoms with Gasteiger partial charge in [0.15, 0.2) is 0 Å².